The van der Waals surface area contributed by atoms with Crippen molar-refractivity contribution >= 4 is 12.9 Å². The summed E-state index contributed by atoms with van der Waals surface area (Å²) in [6.45, 7) is 8.80. The normalized spacial score (nSPS) is 9.29. The van der Waals surface area contributed by atoms with Crippen LogP contribution in [-0.4, -0.2) is 26.0 Å². The van der Waals surface area contributed by atoms with Crippen LogP contribution in [0.2, 0.25) is 0 Å². The summed E-state index contributed by atoms with van der Waals surface area (Å²) < 4.78 is 0. The average Bonchev–Trinajstić information content (AvgIpc) is 2.29. The maximum Gasteiger partial charge on any atom is 0.0585 e. The van der Waals surface area contributed by atoms with E-state index in [1.807, 2.05) is 50.4 Å². The molecule has 0 saturated carbocycles. The van der Waals surface area contributed by atoms with Crippen molar-refractivity contribution in [3.05, 3.63) is 35.9 Å². The number of nitrogens with zero attached hydrogens (tertiary/aromatic N) is 2. The molecular formula is C12H18N2. The zero-order valence-electron chi connectivity index (χ0n) is 8.98. The monoisotopic (exact) mass is 190 g/mol. The molecule has 0 fully saturated rings. The van der Waals surface area contributed by atoms with Gasteiger partial charge in [-0.25, -0.2) is 0 Å². The van der Waals surface area contributed by atoms with Crippen LogP contribution < -0.4 is 0 Å². The first-order valence-corrected chi connectivity index (χ1v) is 4.91. The zero-order chi connectivity index (χ0) is 10.6. The lowest BCUT2D eigenvalue weighted by molar-refractivity contribution is 0.988. The Morgan fingerprint density at radius 3 is 2.36 bits per heavy atom. The molecule has 0 aliphatic carbocycles. The average molecular weight is 190 g/mol. The van der Waals surface area contributed by atoms with Gasteiger partial charge < -0.3 is 0 Å². The summed E-state index contributed by atoms with van der Waals surface area (Å²) in [5, 5.41) is 0. The Labute approximate surface area is 86.4 Å². The molecule has 1 aromatic rings. The molecule has 0 amide bonds. The second-order valence-electron chi connectivity index (χ2n) is 2.39. The summed E-state index contributed by atoms with van der Waals surface area (Å²) in [7, 11) is 0. The number of aliphatic imine (C=N–C) groups is 2. The molecule has 0 N–H and O–H groups in total. The van der Waals surface area contributed by atoms with Gasteiger partial charge in [0, 0.05) is 6.21 Å². The molecule has 0 bridgehead atoms. The van der Waals surface area contributed by atoms with Gasteiger partial charge in [0.1, 0.15) is 0 Å². The lowest BCUT2D eigenvalue weighted by atomic mass is 10.2. The quantitative estimate of drug-likeness (QED) is 0.515. The molecule has 14 heavy (non-hydrogen) atoms. The number of benzene rings is 1. The van der Waals surface area contributed by atoms with E-state index >= 15 is 0 Å². The largest absolute Gasteiger partial charge is 0.299 e. The highest BCUT2D eigenvalue weighted by Gasteiger charge is 1.82. The zero-order valence-corrected chi connectivity index (χ0v) is 8.98. The van der Waals surface area contributed by atoms with Crippen molar-refractivity contribution in [3.63, 3.8) is 0 Å². The Kier molecular flexibility index (Phi) is 8.65. The Balaban J connectivity index is 0.000000791. The van der Waals surface area contributed by atoms with Gasteiger partial charge in [-0.15, -0.1) is 0 Å². The molecular weight excluding hydrogens is 172 g/mol. The van der Waals surface area contributed by atoms with E-state index in [9.17, 15) is 0 Å². The summed E-state index contributed by atoms with van der Waals surface area (Å²) in [4.78, 5) is 7.88. The third-order valence-electron chi connectivity index (χ3n) is 1.43. The third kappa shape index (κ3) is 6.12. The van der Waals surface area contributed by atoms with E-state index in [0.717, 1.165) is 12.1 Å². The lowest BCUT2D eigenvalue weighted by Crippen LogP contribution is -1.87. The first-order valence-electron chi connectivity index (χ1n) is 4.91. The van der Waals surface area contributed by atoms with Crippen LogP contribution in [0.25, 0.3) is 0 Å². The molecule has 0 unspecified atom stereocenters. The summed E-state index contributed by atoms with van der Waals surface area (Å²) in [6.07, 6.45) is 1.85. The van der Waals surface area contributed by atoms with Crippen LogP contribution in [-0.2, 0) is 0 Å². The minimum absolute atomic E-state index is 0.698. The van der Waals surface area contributed by atoms with E-state index in [4.69, 9.17) is 0 Å². The topological polar surface area (TPSA) is 24.7 Å². The summed E-state index contributed by atoms with van der Waals surface area (Å²) >= 11 is 0. The molecule has 0 saturated heterocycles. The molecule has 0 spiro atoms. The molecule has 0 radical (unpaired) electrons. The van der Waals surface area contributed by atoms with E-state index in [-0.39, 0.29) is 0 Å². The van der Waals surface area contributed by atoms with Gasteiger partial charge in [-0.1, -0.05) is 44.2 Å². The molecule has 0 aromatic heterocycles. The van der Waals surface area contributed by atoms with Crippen LogP contribution in [0.3, 0.4) is 0 Å². The van der Waals surface area contributed by atoms with Crippen LogP contribution in [0.1, 0.15) is 19.4 Å². The van der Waals surface area contributed by atoms with Crippen LogP contribution in [0.4, 0.5) is 0 Å². The Hall–Kier alpha value is -1.44. The number of hydrogen-bond acceptors (Lipinski definition) is 2. The second-order valence-corrected chi connectivity index (χ2v) is 2.39. The molecule has 1 aromatic carbocycles. The second kappa shape index (κ2) is 9.65. The fraction of sp³-hybridized carbons (Fsp3) is 0.333. The highest BCUT2D eigenvalue weighted by atomic mass is 14.8. The minimum Gasteiger partial charge on any atom is -0.299 e. The van der Waals surface area contributed by atoms with Crippen LogP contribution in [0, 0.1) is 0 Å². The third-order valence-corrected chi connectivity index (χ3v) is 1.43. The molecule has 0 atom stereocenters. The van der Waals surface area contributed by atoms with Crippen LogP contribution in [0.5, 0.6) is 0 Å². The molecule has 0 aliphatic heterocycles. The van der Waals surface area contributed by atoms with E-state index < -0.39 is 0 Å². The summed E-state index contributed by atoms with van der Waals surface area (Å²) in [5.74, 6) is 0. The smallest absolute Gasteiger partial charge is 0.0585 e. The van der Waals surface area contributed by atoms with Gasteiger partial charge in [-0.2, -0.15) is 0 Å². The predicted octanol–water partition coefficient (Wildman–Crippen LogP) is 2.83. The Morgan fingerprint density at radius 1 is 1.14 bits per heavy atom. The lowest BCUT2D eigenvalue weighted by Gasteiger charge is -1.90. The fourth-order valence-corrected chi connectivity index (χ4v) is 0.838. The number of hydrogen-bond donors (Lipinski definition) is 0. The van der Waals surface area contributed by atoms with Gasteiger partial charge in [0.2, 0.25) is 0 Å². The van der Waals surface area contributed by atoms with E-state index in [1.165, 1.54) is 0 Å². The van der Waals surface area contributed by atoms with Crippen molar-refractivity contribution in [3.8, 4) is 0 Å². The highest BCUT2D eigenvalue weighted by Crippen LogP contribution is 1.93. The number of rotatable bonds is 4. The first-order chi connectivity index (χ1) is 6.93. The van der Waals surface area contributed by atoms with E-state index in [0.29, 0.717) is 6.54 Å². The van der Waals surface area contributed by atoms with Crippen LogP contribution in [0.15, 0.2) is 40.3 Å². The SMILES string of the molecule is C=NCCN=Cc1ccccc1.CC. The standard InChI is InChI=1S/C10H12N2.C2H6/c1-11-7-8-12-9-10-5-3-2-4-6-10;1-2/h2-6,9H,1,7-8H2;1-2H3. The van der Waals surface area contributed by atoms with Gasteiger partial charge in [0.25, 0.3) is 0 Å². The van der Waals surface area contributed by atoms with Gasteiger partial charge in [-0.3, -0.25) is 9.98 Å². The van der Waals surface area contributed by atoms with Crippen molar-refractivity contribution < 1.29 is 0 Å². The van der Waals surface area contributed by atoms with Crippen molar-refractivity contribution in [2.24, 2.45) is 9.98 Å². The van der Waals surface area contributed by atoms with Crippen molar-refractivity contribution in [2.45, 2.75) is 13.8 Å². The van der Waals surface area contributed by atoms with E-state index in [1.54, 1.807) is 0 Å². The molecule has 0 heterocycles. The van der Waals surface area contributed by atoms with Crippen LogP contribution >= 0.6 is 0 Å². The molecule has 2 nitrogen and oxygen atoms in total. The van der Waals surface area contributed by atoms with Gasteiger partial charge >= 0.3 is 0 Å². The van der Waals surface area contributed by atoms with Gasteiger partial charge in [0.15, 0.2) is 0 Å². The maximum absolute atomic E-state index is 4.17. The Bertz CT molecular complexity index is 252. The fourth-order valence-electron chi connectivity index (χ4n) is 0.838. The van der Waals surface area contributed by atoms with Gasteiger partial charge in [0.05, 0.1) is 13.1 Å². The maximum atomic E-state index is 4.17. The van der Waals surface area contributed by atoms with Crippen molar-refractivity contribution in [1.82, 2.24) is 0 Å². The molecule has 2 heteroatoms. The van der Waals surface area contributed by atoms with E-state index in [2.05, 4.69) is 16.7 Å². The summed E-state index contributed by atoms with van der Waals surface area (Å²) in [6, 6.07) is 10.0. The summed E-state index contributed by atoms with van der Waals surface area (Å²) in [5.41, 5.74) is 1.13. The van der Waals surface area contributed by atoms with Crippen molar-refractivity contribution in [1.29, 1.82) is 0 Å². The van der Waals surface area contributed by atoms with Gasteiger partial charge in [-0.05, 0) is 12.3 Å². The predicted molar refractivity (Wildman–Crippen MR) is 64.7 cm³/mol. The first kappa shape index (κ1) is 12.6. The Morgan fingerprint density at radius 2 is 1.79 bits per heavy atom. The molecule has 1 rings (SSSR count). The van der Waals surface area contributed by atoms with Crippen molar-refractivity contribution in [2.75, 3.05) is 13.1 Å². The highest BCUT2D eigenvalue weighted by molar-refractivity contribution is 5.79. The molecule has 76 valence electrons. The molecule has 0 aliphatic rings. The minimum atomic E-state index is 0.698.